The molecule has 0 saturated heterocycles. The van der Waals surface area contributed by atoms with E-state index in [9.17, 15) is 13.2 Å². The molecule has 4 rings (SSSR count). The SMILES string of the molecule is Cc1nccc(-c2cccc(NC(=O)c3ccc(S(=O)(=O)NC4CC4)cc3)c2)n1. The molecule has 29 heavy (non-hydrogen) atoms. The molecular weight excluding hydrogens is 388 g/mol. The lowest BCUT2D eigenvalue weighted by atomic mass is 10.1. The lowest BCUT2D eigenvalue weighted by molar-refractivity contribution is 0.102. The molecule has 1 fully saturated rings. The van der Waals surface area contributed by atoms with Gasteiger partial charge in [0.2, 0.25) is 10.0 Å². The van der Waals surface area contributed by atoms with Crippen molar-refractivity contribution in [3.05, 3.63) is 72.2 Å². The van der Waals surface area contributed by atoms with E-state index in [-0.39, 0.29) is 16.8 Å². The number of rotatable bonds is 6. The van der Waals surface area contributed by atoms with Crippen LogP contribution in [-0.4, -0.2) is 30.3 Å². The normalized spacial score (nSPS) is 13.8. The van der Waals surface area contributed by atoms with Gasteiger partial charge in [-0.25, -0.2) is 23.1 Å². The van der Waals surface area contributed by atoms with E-state index in [0.717, 1.165) is 24.1 Å². The number of nitrogens with one attached hydrogen (secondary N) is 2. The van der Waals surface area contributed by atoms with E-state index < -0.39 is 10.0 Å². The lowest BCUT2D eigenvalue weighted by Gasteiger charge is -2.09. The molecule has 7 nitrogen and oxygen atoms in total. The Balaban J connectivity index is 1.49. The number of anilines is 1. The van der Waals surface area contributed by atoms with E-state index in [2.05, 4.69) is 20.0 Å². The summed E-state index contributed by atoms with van der Waals surface area (Å²) in [5.41, 5.74) is 2.63. The summed E-state index contributed by atoms with van der Waals surface area (Å²) >= 11 is 0. The monoisotopic (exact) mass is 408 g/mol. The number of aromatic nitrogens is 2. The Hall–Kier alpha value is -3.10. The van der Waals surface area contributed by atoms with Crippen molar-refractivity contribution in [3.8, 4) is 11.3 Å². The minimum Gasteiger partial charge on any atom is -0.322 e. The summed E-state index contributed by atoms with van der Waals surface area (Å²) in [4.78, 5) is 21.2. The van der Waals surface area contributed by atoms with Gasteiger partial charge in [-0.15, -0.1) is 0 Å². The third-order valence-electron chi connectivity index (χ3n) is 4.52. The zero-order valence-electron chi connectivity index (χ0n) is 15.8. The molecular formula is C21H20N4O3S. The average Bonchev–Trinajstić information content (AvgIpc) is 3.51. The molecule has 0 spiro atoms. The van der Waals surface area contributed by atoms with E-state index >= 15 is 0 Å². The first kappa shape index (κ1) is 19.2. The van der Waals surface area contributed by atoms with Gasteiger partial charge in [-0.1, -0.05) is 12.1 Å². The number of amides is 1. The van der Waals surface area contributed by atoms with E-state index in [1.807, 2.05) is 31.2 Å². The molecule has 1 aromatic heterocycles. The van der Waals surface area contributed by atoms with Crippen molar-refractivity contribution in [2.45, 2.75) is 30.7 Å². The molecule has 0 atom stereocenters. The van der Waals surface area contributed by atoms with Crippen LogP contribution in [0.3, 0.4) is 0 Å². The van der Waals surface area contributed by atoms with Crippen LogP contribution in [0.1, 0.15) is 29.0 Å². The van der Waals surface area contributed by atoms with E-state index in [1.54, 1.807) is 12.3 Å². The van der Waals surface area contributed by atoms with Crippen LogP contribution in [0.15, 0.2) is 65.7 Å². The first-order chi connectivity index (χ1) is 13.9. The highest BCUT2D eigenvalue weighted by Crippen LogP contribution is 2.23. The average molecular weight is 408 g/mol. The van der Waals surface area contributed by atoms with Gasteiger partial charge < -0.3 is 5.32 Å². The molecule has 0 unspecified atom stereocenters. The van der Waals surface area contributed by atoms with Gasteiger partial charge in [0.1, 0.15) is 5.82 Å². The van der Waals surface area contributed by atoms with Crippen LogP contribution < -0.4 is 10.0 Å². The molecule has 0 radical (unpaired) electrons. The number of benzene rings is 2. The molecule has 1 saturated carbocycles. The van der Waals surface area contributed by atoms with E-state index in [0.29, 0.717) is 17.1 Å². The van der Waals surface area contributed by atoms with Gasteiger partial charge >= 0.3 is 0 Å². The van der Waals surface area contributed by atoms with Crippen LogP contribution in [0.2, 0.25) is 0 Å². The number of hydrogen-bond acceptors (Lipinski definition) is 5. The third kappa shape index (κ3) is 4.67. The Labute approximate surface area is 169 Å². The summed E-state index contributed by atoms with van der Waals surface area (Å²) in [6.07, 6.45) is 3.43. The third-order valence-corrected chi connectivity index (χ3v) is 6.05. The number of hydrogen-bond donors (Lipinski definition) is 2. The Morgan fingerprint density at radius 1 is 1.07 bits per heavy atom. The van der Waals surface area contributed by atoms with Gasteiger partial charge in [0.05, 0.1) is 10.6 Å². The van der Waals surface area contributed by atoms with Gasteiger partial charge in [-0.3, -0.25) is 4.79 Å². The first-order valence-corrected chi connectivity index (χ1v) is 10.7. The maximum atomic E-state index is 12.6. The molecule has 8 heteroatoms. The number of sulfonamides is 1. The maximum absolute atomic E-state index is 12.6. The largest absolute Gasteiger partial charge is 0.322 e. The smallest absolute Gasteiger partial charge is 0.255 e. The second-order valence-electron chi connectivity index (χ2n) is 6.94. The number of aryl methyl sites for hydroxylation is 1. The fourth-order valence-corrected chi connectivity index (χ4v) is 4.16. The molecule has 1 aliphatic rings. The van der Waals surface area contributed by atoms with Gasteiger partial charge in [0.15, 0.2) is 0 Å². The molecule has 1 heterocycles. The van der Waals surface area contributed by atoms with Gasteiger partial charge in [-0.05, 0) is 62.2 Å². The quantitative estimate of drug-likeness (QED) is 0.652. The second kappa shape index (κ2) is 7.73. The van der Waals surface area contributed by atoms with Gasteiger partial charge in [0.25, 0.3) is 5.91 Å². The van der Waals surface area contributed by atoms with Crippen LogP contribution in [0, 0.1) is 6.92 Å². The van der Waals surface area contributed by atoms with Crippen LogP contribution >= 0.6 is 0 Å². The molecule has 0 aliphatic heterocycles. The van der Waals surface area contributed by atoms with Gasteiger partial charge in [-0.2, -0.15) is 0 Å². The fraction of sp³-hybridized carbons (Fsp3) is 0.190. The van der Waals surface area contributed by atoms with Crippen molar-refractivity contribution in [1.82, 2.24) is 14.7 Å². The summed E-state index contributed by atoms with van der Waals surface area (Å²) < 4.78 is 27.1. The summed E-state index contributed by atoms with van der Waals surface area (Å²) in [6.45, 7) is 1.82. The zero-order chi connectivity index (χ0) is 20.4. The highest BCUT2D eigenvalue weighted by Gasteiger charge is 2.27. The summed E-state index contributed by atoms with van der Waals surface area (Å²) in [7, 11) is -3.53. The Morgan fingerprint density at radius 2 is 1.83 bits per heavy atom. The predicted octanol–water partition coefficient (Wildman–Crippen LogP) is 3.15. The molecule has 148 valence electrons. The predicted molar refractivity (Wildman–Crippen MR) is 110 cm³/mol. The van der Waals surface area contributed by atoms with Crippen LogP contribution in [0.5, 0.6) is 0 Å². The van der Waals surface area contributed by atoms with Gasteiger partial charge in [0, 0.05) is 29.1 Å². The van der Waals surface area contributed by atoms with E-state index in [1.165, 1.54) is 24.3 Å². The minimum atomic E-state index is -3.53. The minimum absolute atomic E-state index is 0.0360. The maximum Gasteiger partial charge on any atom is 0.255 e. The highest BCUT2D eigenvalue weighted by molar-refractivity contribution is 7.89. The standard InChI is InChI=1S/C21H20N4O3S/c1-14-22-12-11-20(23-14)16-3-2-4-18(13-16)24-21(26)15-5-9-19(10-6-15)29(27,28)25-17-7-8-17/h2-6,9-13,17,25H,7-8H2,1H3,(H,24,26). The first-order valence-electron chi connectivity index (χ1n) is 9.24. The Bertz CT molecular complexity index is 1160. The van der Waals surface area contributed by atoms with Crippen molar-refractivity contribution in [2.75, 3.05) is 5.32 Å². The summed E-state index contributed by atoms with van der Waals surface area (Å²) in [5, 5.41) is 2.84. The fourth-order valence-electron chi connectivity index (χ4n) is 2.85. The molecule has 2 N–H and O–H groups in total. The second-order valence-corrected chi connectivity index (χ2v) is 8.66. The van der Waals surface area contributed by atoms with Crippen molar-refractivity contribution in [1.29, 1.82) is 0 Å². The summed E-state index contributed by atoms with van der Waals surface area (Å²) in [6, 6.07) is 15.1. The Kier molecular flexibility index (Phi) is 5.12. The highest BCUT2D eigenvalue weighted by atomic mass is 32.2. The van der Waals surface area contributed by atoms with Crippen molar-refractivity contribution in [3.63, 3.8) is 0 Å². The van der Waals surface area contributed by atoms with Crippen molar-refractivity contribution in [2.24, 2.45) is 0 Å². The lowest BCUT2D eigenvalue weighted by Crippen LogP contribution is -2.25. The zero-order valence-corrected chi connectivity index (χ0v) is 16.6. The van der Waals surface area contributed by atoms with E-state index in [4.69, 9.17) is 0 Å². The molecule has 3 aromatic rings. The van der Waals surface area contributed by atoms with Crippen LogP contribution in [0.4, 0.5) is 5.69 Å². The summed E-state index contributed by atoms with van der Waals surface area (Å²) in [5.74, 6) is 0.350. The van der Waals surface area contributed by atoms with Crippen LogP contribution in [0.25, 0.3) is 11.3 Å². The molecule has 2 aromatic carbocycles. The Morgan fingerprint density at radius 3 is 2.52 bits per heavy atom. The van der Waals surface area contributed by atoms with Crippen molar-refractivity contribution >= 4 is 21.6 Å². The number of nitrogens with zero attached hydrogens (tertiary/aromatic N) is 2. The molecule has 1 amide bonds. The molecule has 1 aliphatic carbocycles. The number of carbonyl (C=O) groups excluding carboxylic acids is 1. The molecule has 0 bridgehead atoms. The number of carbonyl (C=O) groups is 1. The topological polar surface area (TPSA) is 101 Å². The van der Waals surface area contributed by atoms with Crippen LogP contribution in [-0.2, 0) is 10.0 Å². The van der Waals surface area contributed by atoms with Crippen molar-refractivity contribution < 1.29 is 13.2 Å².